The molecular weight excluding hydrogens is 227 g/mol. The summed E-state index contributed by atoms with van der Waals surface area (Å²) in [4.78, 5) is 2.26. The molecule has 2 N–H and O–H groups in total. The van der Waals surface area contributed by atoms with E-state index < -0.39 is 0 Å². The summed E-state index contributed by atoms with van der Waals surface area (Å²) < 4.78 is 13.4. The predicted octanol–water partition coefficient (Wildman–Crippen LogP) is 3.81. The van der Waals surface area contributed by atoms with Gasteiger partial charge in [-0.25, -0.2) is 4.39 Å². The Hall–Kier alpha value is -1.25. The third-order valence-electron chi connectivity index (χ3n) is 3.96. The van der Waals surface area contributed by atoms with E-state index in [-0.39, 0.29) is 11.5 Å². The van der Waals surface area contributed by atoms with Gasteiger partial charge in [-0.3, -0.25) is 0 Å². The highest BCUT2D eigenvalue weighted by Crippen LogP contribution is 2.42. The molecule has 3 heteroatoms. The Balaban J connectivity index is 2.04. The average Bonchev–Trinajstić information content (AvgIpc) is 2.29. The molecule has 1 fully saturated rings. The number of nitrogen functional groups attached to an aromatic ring is 1. The summed E-state index contributed by atoms with van der Waals surface area (Å²) in [6.45, 7) is 6.59. The molecule has 2 rings (SSSR count). The molecule has 0 atom stereocenters. The van der Waals surface area contributed by atoms with Crippen molar-refractivity contribution in [2.75, 3.05) is 23.7 Å². The van der Waals surface area contributed by atoms with E-state index in [2.05, 4.69) is 18.7 Å². The Kier molecular flexibility index (Phi) is 3.79. The molecule has 0 radical (unpaired) electrons. The summed E-state index contributed by atoms with van der Waals surface area (Å²) in [6.07, 6.45) is 5.00. The predicted molar refractivity (Wildman–Crippen MR) is 75.3 cm³/mol. The van der Waals surface area contributed by atoms with Crippen molar-refractivity contribution in [2.24, 2.45) is 5.41 Å². The second-order valence-corrected chi connectivity index (χ2v) is 5.56. The van der Waals surface area contributed by atoms with Crippen LogP contribution in [0, 0.1) is 11.2 Å². The van der Waals surface area contributed by atoms with Gasteiger partial charge in [0.25, 0.3) is 0 Å². The van der Waals surface area contributed by atoms with Crippen LogP contribution in [0.4, 0.5) is 15.8 Å². The zero-order chi connectivity index (χ0) is 13.2. The van der Waals surface area contributed by atoms with Gasteiger partial charge in [0, 0.05) is 24.2 Å². The number of nitrogens with two attached hydrogens (primary N) is 1. The van der Waals surface area contributed by atoms with Crippen LogP contribution in [0.25, 0.3) is 0 Å². The largest absolute Gasteiger partial charge is 0.396 e. The molecule has 1 aromatic carbocycles. The van der Waals surface area contributed by atoms with Gasteiger partial charge < -0.3 is 10.6 Å². The van der Waals surface area contributed by atoms with Gasteiger partial charge in [-0.1, -0.05) is 26.7 Å². The molecule has 2 nitrogen and oxygen atoms in total. The Bertz CT molecular complexity index is 403. The van der Waals surface area contributed by atoms with Crippen LogP contribution in [0.1, 0.15) is 39.5 Å². The molecule has 1 aromatic rings. The molecule has 0 unspecified atom stereocenters. The summed E-state index contributed by atoms with van der Waals surface area (Å²) in [5.74, 6) is -0.309. The van der Waals surface area contributed by atoms with E-state index in [0.717, 1.165) is 18.8 Å². The first-order valence-corrected chi connectivity index (χ1v) is 6.90. The lowest BCUT2D eigenvalue weighted by atomic mass is 9.72. The van der Waals surface area contributed by atoms with Gasteiger partial charge in [0.1, 0.15) is 5.82 Å². The minimum absolute atomic E-state index is 0.229. The smallest absolute Gasteiger partial charge is 0.148 e. The topological polar surface area (TPSA) is 29.3 Å². The molecule has 1 saturated heterocycles. The number of benzene rings is 1. The lowest BCUT2D eigenvalue weighted by molar-refractivity contribution is 0.173. The fourth-order valence-electron chi connectivity index (χ4n) is 3.16. The van der Waals surface area contributed by atoms with E-state index in [0.29, 0.717) is 5.41 Å². The quantitative estimate of drug-likeness (QED) is 0.805. The van der Waals surface area contributed by atoms with Crippen molar-refractivity contribution >= 4 is 11.4 Å². The van der Waals surface area contributed by atoms with Crippen molar-refractivity contribution < 1.29 is 4.39 Å². The first kappa shape index (κ1) is 13.2. The monoisotopic (exact) mass is 250 g/mol. The van der Waals surface area contributed by atoms with Gasteiger partial charge in [-0.05, 0) is 31.0 Å². The SMILES string of the molecule is CCCC1(CCC)CN(c2ccc(N)c(F)c2)C1. The Morgan fingerprint density at radius 2 is 1.83 bits per heavy atom. The van der Waals surface area contributed by atoms with Crippen LogP contribution in [0.15, 0.2) is 18.2 Å². The third kappa shape index (κ3) is 2.45. The summed E-state index contributed by atoms with van der Waals surface area (Å²) >= 11 is 0. The Morgan fingerprint density at radius 3 is 2.33 bits per heavy atom. The second kappa shape index (κ2) is 5.17. The molecule has 0 spiro atoms. The van der Waals surface area contributed by atoms with Crippen molar-refractivity contribution in [1.82, 2.24) is 0 Å². The first-order chi connectivity index (χ1) is 8.60. The number of hydrogen-bond acceptors (Lipinski definition) is 2. The van der Waals surface area contributed by atoms with Crippen LogP contribution in [0.3, 0.4) is 0 Å². The lowest BCUT2D eigenvalue weighted by Crippen LogP contribution is -2.56. The molecule has 18 heavy (non-hydrogen) atoms. The summed E-state index contributed by atoms with van der Waals surface area (Å²) in [5.41, 5.74) is 7.16. The van der Waals surface area contributed by atoms with Gasteiger partial charge >= 0.3 is 0 Å². The summed E-state index contributed by atoms with van der Waals surface area (Å²) in [7, 11) is 0. The average molecular weight is 250 g/mol. The minimum atomic E-state index is -0.309. The number of halogens is 1. The second-order valence-electron chi connectivity index (χ2n) is 5.56. The van der Waals surface area contributed by atoms with Gasteiger partial charge in [0.05, 0.1) is 5.69 Å². The minimum Gasteiger partial charge on any atom is -0.396 e. The zero-order valence-electron chi connectivity index (χ0n) is 11.4. The number of hydrogen-bond donors (Lipinski definition) is 1. The van der Waals surface area contributed by atoms with Gasteiger partial charge in [-0.2, -0.15) is 0 Å². The highest BCUT2D eigenvalue weighted by atomic mass is 19.1. The van der Waals surface area contributed by atoms with Gasteiger partial charge in [0.2, 0.25) is 0 Å². The van der Waals surface area contributed by atoms with Crippen molar-refractivity contribution in [1.29, 1.82) is 0 Å². The van der Waals surface area contributed by atoms with Crippen molar-refractivity contribution in [3.63, 3.8) is 0 Å². The molecule has 0 saturated carbocycles. The maximum absolute atomic E-state index is 13.4. The highest BCUT2D eigenvalue weighted by Gasteiger charge is 2.41. The lowest BCUT2D eigenvalue weighted by Gasteiger charge is -2.52. The van der Waals surface area contributed by atoms with Crippen molar-refractivity contribution in [3.05, 3.63) is 24.0 Å². The fraction of sp³-hybridized carbons (Fsp3) is 0.600. The normalized spacial score (nSPS) is 17.6. The number of nitrogens with zero attached hydrogens (tertiary/aromatic N) is 1. The maximum atomic E-state index is 13.4. The summed E-state index contributed by atoms with van der Waals surface area (Å²) in [5, 5.41) is 0. The van der Waals surface area contributed by atoms with Crippen LogP contribution >= 0.6 is 0 Å². The molecular formula is C15H23FN2. The van der Waals surface area contributed by atoms with E-state index in [1.165, 1.54) is 25.7 Å². The fourth-order valence-corrected chi connectivity index (χ4v) is 3.16. The molecule has 1 aliphatic rings. The van der Waals surface area contributed by atoms with Gasteiger partial charge in [0.15, 0.2) is 0 Å². The molecule has 0 aliphatic carbocycles. The standard InChI is InChI=1S/C15H23FN2/c1-3-7-15(8-4-2)10-18(11-15)12-5-6-14(17)13(16)9-12/h5-6,9H,3-4,7-8,10-11,17H2,1-2H3. The van der Waals surface area contributed by atoms with Gasteiger partial charge in [-0.15, -0.1) is 0 Å². The Labute approximate surface area is 109 Å². The maximum Gasteiger partial charge on any atom is 0.148 e. The Morgan fingerprint density at radius 1 is 1.22 bits per heavy atom. The van der Waals surface area contributed by atoms with E-state index in [1.807, 2.05) is 6.07 Å². The van der Waals surface area contributed by atoms with Crippen molar-refractivity contribution in [2.45, 2.75) is 39.5 Å². The molecule has 1 heterocycles. The summed E-state index contributed by atoms with van der Waals surface area (Å²) in [6, 6.07) is 5.13. The highest BCUT2D eigenvalue weighted by molar-refractivity contribution is 5.56. The number of rotatable bonds is 5. The van der Waals surface area contributed by atoms with E-state index in [9.17, 15) is 4.39 Å². The third-order valence-corrected chi connectivity index (χ3v) is 3.96. The van der Waals surface area contributed by atoms with Crippen LogP contribution in [-0.4, -0.2) is 13.1 Å². The molecule has 1 aliphatic heterocycles. The number of anilines is 2. The first-order valence-electron chi connectivity index (χ1n) is 6.90. The zero-order valence-corrected chi connectivity index (χ0v) is 11.4. The van der Waals surface area contributed by atoms with E-state index in [1.54, 1.807) is 12.1 Å². The van der Waals surface area contributed by atoms with Crippen molar-refractivity contribution in [3.8, 4) is 0 Å². The van der Waals surface area contributed by atoms with E-state index in [4.69, 9.17) is 5.73 Å². The van der Waals surface area contributed by atoms with Crippen LogP contribution in [-0.2, 0) is 0 Å². The van der Waals surface area contributed by atoms with Crippen LogP contribution < -0.4 is 10.6 Å². The molecule has 100 valence electrons. The van der Waals surface area contributed by atoms with Crippen LogP contribution in [0.2, 0.25) is 0 Å². The molecule has 0 bridgehead atoms. The van der Waals surface area contributed by atoms with Crippen LogP contribution in [0.5, 0.6) is 0 Å². The molecule has 0 amide bonds. The molecule has 0 aromatic heterocycles. The van der Waals surface area contributed by atoms with E-state index >= 15 is 0 Å².